The molecule has 2 aliphatic heterocycles. The van der Waals surface area contributed by atoms with E-state index in [1.54, 1.807) is 0 Å². The molecule has 0 atom stereocenters. The van der Waals surface area contributed by atoms with Gasteiger partial charge in [0, 0.05) is 44.3 Å². The average molecular weight is 783 g/mol. The zero-order chi connectivity index (χ0) is 41.9. The number of fused-ring (bicyclic) bond motifs is 8. The molecule has 5 heterocycles. The molecule has 2 aliphatic rings. The molecule has 4 aromatic carbocycles. The SMILES string of the molecule is Cc1ccc(-c2c3nc(c(-c4ccc(C(C)(C)C)cc4)c4ccc([nH]4)c(-c4ccc(C(C)C)cc4)c4nc(c(-c5ccc(C(C)(C)C)cc5)c5ccc2[nH]5)C=C4)C=C3)cc1. The van der Waals surface area contributed by atoms with Crippen molar-refractivity contribution < 1.29 is 0 Å². The Labute approximate surface area is 354 Å². The van der Waals surface area contributed by atoms with Gasteiger partial charge in [0.25, 0.3) is 0 Å². The quantitative estimate of drug-likeness (QED) is 0.183. The Kier molecular flexibility index (Phi) is 9.70. The van der Waals surface area contributed by atoms with E-state index in [1.807, 2.05) is 0 Å². The minimum atomic E-state index is 0.0370. The van der Waals surface area contributed by atoms with Gasteiger partial charge in [-0.3, -0.25) is 0 Å². The van der Waals surface area contributed by atoms with Gasteiger partial charge in [-0.05, 0) is 111 Å². The Morgan fingerprint density at radius 3 is 0.950 bits per heavy atom. The number of hydrogen-bond acceptors (Lipinski definition) is 2. The van der Waals surface area contributed by atoms with Gasteiger partial charge in [-0.1, -0.05) is 158 Å². The summed E-state index contributed by atoms with van der Waals surface area (Å²) in [5, 5.41) is 0. The molecule has 298 valence electrons. The predicted octanol–water partition coefficient (Wildman–Crippen LogP) is 15.4. The molecule has 9 rings (SSSR count). The second kappa shape index (κ2) is 14.9. The van der Waals surface area contributed by atoms with E-state index in [0.717, 1.165) is 89.4 Å². The van der Waals surface area contributed by atoms with Crippen molar-refractivity contribution in [2.45, 2.75) is 79.1 Å². The summed E-state index contributed by atoms with van der Waals surface area (Å²) in [6.45, 7) is 20.2. The van der Waals surface area contributed by atoms with Crippen LogP contribution in [-0.4, -0.2) is 19.9 Å². The van der Waals surface area contributed by atoms with Gasteiger partial charge in [0.1, 0.15) is 0 Å². The first-order valence-corrected chi connectivity index (χ1v) is 21.3. The summed E-state index contributed by atoms with van der Waals surface area (Å²) in [7, 11) is 0. The number of H-pyrrole nitrogens is 2. The normalized spacial score (nSPS) is 12.8. The predicted molar refractivity (Wildman–Crippen MR) is 257 cm³/mol. The lowest BCUT2D eigenvalue weighted by molar-refractivity contribution is 0.590. The van der Waals surface area contributed by atoms with E-state index in [1.165, 1.54) is 22.3 Å². The number of benzene rings is 4. The Hall–Kier alpha value is -6.52. The van der Waals surface area contributed by atoms with Crippen molar-refractivity contribution in [3.63, 3.8) is 0 Å². The monoisotopic (exact) mass is 782 g/mol. The van der Waals surface area contributed by atoms with Crippen molar-refractivity contribution in [1.29, 1.82) is 0 Å². The number of aromatic nitrogens is 4. The lowest BCUT2D eigenvalue weighted by Crippen LogP contribution is -2.10. The Morgan fingerprint density at radius 2 is 0.667 bits per heavy atom. The summed E-state index contributed by atoms with van der Waals surface area (Å²) in [6, 6.07) is 44.6. The highest BCUT2D eigenvalue weighted by atomic mass is 14.8. The molecule has 3 aromatic heterocycles. The number of aryl methyl sites for hydroxylation is 1. The van der Waals surface area contributed by atoms with Crippen LogP contribution in [0.2, 0.25) is 0 Å². The van der Waals surface area contributed by atoms with Crippen molar-refractivity contribution in [3.8, 4) is 44.5 Å². The molecule has 0 saturated heterocycles. The van der Waals surface area contributed by atoms with Crippen LogP contribution in [0.15, 0.2) is 121 Å². The lowest BCUT2D eigenvalue weighted by atomic mass is 9.86. The maximum Gasteiger partial charge on any atom is 0.0737 e. The summed E-state index contributed by atoms with van der Waals surface area (Å²) in [4.78, 5) is 18.8. The largest absolute Gasteiger partial charge is 0.354 e. The summed E-state index contributed by atoms with van der Waals surface area (Å²) < 4.78 is 0. The third-order valence-electron chi connectivity index (χ3n) is 12.0. The zero-order valence-corrected chi connectivity index (χ0v) is 36.3. The first-order valence-electron chi connectivity index (χ1n) is 21.3. The van der Waals surface area contributed by atoms with Gasteiger partial charge in [-0.2, -0.15) is 0 Å². The smallest absolute Gasteiger partial charge is 0.0737 e. The molecule has 0 amide bonds. The van der Waals surface area contributed by atoms with Crippen molar-refractivity contribution in [2.75, 3.05) is 0 Å². The van der Waals surface area contributed by atoms with Crippen LogP contribution in [0.3, 0.4) is 0 Å². The van der Waals surface area contributed by atoms with Gasteiger partial charge in [-0.15, -0.1) is 0 Å². The molecule has 0 saturated carbocycles. The van der Waals surface area contributed by atoms with Crippen LogP contribution < -0.4 is 0 Å². The third-order valence-corrected chi connectivity index (χ3v) is 12.0. The van der Waals surface area contributed by atoms with E-state index in [2.05, 4.69) is 218 Å². The van der Waals surface area contributed by atoms with Crippen molar-refractivity contribution in [2.24, 2.45) is 0 Å². The molecule has 4 nitrogen and oxygen atoms in total. The third kappa shape index (κ3) is 7.36. The fraction of sp³-hybridized carbons (Fsp3) is 0.214. The number of rotatable bonds is 5. The van der Waals surface area contributed by atoms with Crippen LogP contribution in [0.1, 0.15) is 106 Å². The van der Waals surface area contributed by atoms with E-state index in [0.29, 0.717) is 5.92 Å². The molecule has 7 aromatic rings. The van der Waals surface area contributed by atoms with E-state index >= 15 is 0 Å². The first kappa shape index (κ1) is 39.0. The van der Waals surface area contributed by atoms with Crippen LogP contribution in [0.25, 0.3) is 90.9 Å². The van der Waals surface area contributed by atoms with Crippen LogP contribution >= 0.6 is 0 Å². The molecular weight excluding hydrogens is 729 g/mol. The van der Waals surface area contributed by atoms with Crippen LogP contribution in [-0.2, 0) is 10.8 Å². The summed E-state index contributed by atoms with van der Waals surface area (Å²) in [6.07, 6.45) is 8.70. The number of nitrogens with one attached hydrogen (secondary N) is 2. The molecule has 2 N–H and O–H groups in total. The fourth-order valence-corrected chi connectivity index (χ4v) is 8.45. The summed E-state index contributed by atoms with van der Waals surface area (Å²) in [5.41, 5.74) is 21.4. The van der Waals surface area contributed by atoms with E-state index in [9.17, 15) is 0 Å². The first-order chi connectivity index (χ1) is 28.7. The van der Waals surface area contributed by atoms with Gasteiger partial charge < -0.3 is 9.97 Å². The molecule has 0 fully saturated rings. The molecule has 4 heteroatoms. The number of aromatic amines is 2. The maximum absolute atomic E-state index is 5.52. The molecule has 8 bridgehead atoms. The molecular formula is C56H54N4. The second-order valence-electron chi connectivity index (χ2n) is 18.8. The molecule has 0 radical (unpaired) electrons. The van der Waals surface area contributed by atoms with Crippen molar-refractivity contribution in [1.82, 2.24) is 19.9 Å². The maximum atomic E-state index is 5.52. The highest BCUT2D eigenvalue weighted by Crippen LogP contribution is 2.39. The Morgan fingerprint density at radius 1 is 0.383 bits per heavy atom. The van der Waals surface area contributed by atoms with Crippen molar-refractivity contribution in [3.05, 3.63) is 166 Å². The van der Waals surface area contributed by atoms with E-state index in [4.69, 9.17) is 9.97 Å². The van der Waals surface area contributed by atoms with E-state index < -0.39 is 0 Å². The summed E-state index contributed by atoms with van der Waals surface area (Å²) >= 11 is 0. The zero-order valence-electron chi connectivity index (χ0n) is 36.3. The van der Waals surface area contributed by atoms with Crippen LogP contribution in [0.4, 0.5) is 0 Å². The number of nitrogens with zero attached hydrogens (tertiary/aromatic N) is 2. The lowest BCUT2D eigenvalue weighted by Gasteiger charge is -2.19. The Balaban J connectivity index is 1.42. The summed E-state index contributed by atoms with van der Waals surface area (Å²) in [5.74, 6) is 0.432. The van der Waals surface area contributed by atoms with Crippen molar-refractivity contribution >= 4 is 46.4 Å². The van der Waals surface area contributed by atoms with Crippen LogP contribution in [0, 0.1) is 6.92 Å². The minimum Gasteiger partial charge on any atom is -0.354 e. The van der Waals surface area contributed by atoms with Crippen LogP contribution in [0.5, 0.6) is 0 Å². The average Bonchev–Trinajstić information content (AvgIpc) is 4.07. The number of hydrogen-bond donors (Lipinski definition) is 2. The highest BCUT2D eigenvalue weighted by molar-refractivity contribution is 5.99. The fourth-order valence-electron chi connectivity index (χ4n) is 8.45. The van der Waals surface area contributed by atoms with Gasteiger partial charge in [0.05, 0.1) is 22.8 Å². The molecule has 0 unspecified atom stereocenters. The van der Waals surface area contributed by atoms with Gasteiger partial charge in [0.15, 0.2) is 0 Å². The topological polar surface area (TPSA) is 57.4 Å². The second-order valence-corrected chi connectivity index (χ2v) is 18.8. The molecule has 0 spiro atoms. The van der Waals surface area contributed by atoms with E-state index in [-0.39, 0.29) is 10.8 Å². The Bertz CT molecular complexity index is 2920. The standard InChI is InChI=1S/C56H54N4/c1-34(2)36-14-16-38(17-15-36)52-45-28-32-49(59-45)53(39-18-22-41(23-19-39)55(4,5)6)47-30-26-43(57-47)51(37-12-10-35(3)11-13-37)44-27-31-48(58-44)54(50-33-29-46(52)60-50)40-20-24-42(25-21-40)56(7,8)9/h10-34,57,60H,1-9H3. The minimum absolute atomic E-state index is 0.0370. The molecule has 0 aliphatic carbocycles. The van der Waals surface area contributed by atoms with Gasteiger partial charge in [0.2, 0.25) is 0 Å². The highest BCUT2D eigenvalue weighted by Gasteiger charge is 2.21. The molecule has 60 heavy (non-hydrogen) atoms. The van der Waals surface area contributed by atoms with Gasteiger partial charge in [-0.25, -0.2) is 9.97 Å². The van der Waals surface area contributed by atoms with Gasteiger partial charge >= 0.3 is 0 Å².